The van der Waals surface area contributed by atoms with E-state index in [1.807, 2.05) is 6.92 Å². The molecule has 0 aromatic heterocycles. The highest BCUT2D eigenvalue weighted by Gasteiger charge is 2.44. The van der Waals surface area contributed by atoms with Crippen LogP contribution in [0, 0.1) is 16.7 Å². The summed E-state index contributed by atoms with van der Waals surface area (Å²) in [6.07, 6.45) is -3.57. The lowest BCUT2D eigenvalue weighted by atomic mass is 9.85. The SMILES string of the molecule is C[C@@H]1C[C@H](N2C(=N)N[C@](C)(c3cccc(NC(=O)c4cc(C#N)cc(C(F)(F)F)c4)c3Cl)CC2=O)CCO1.Cl. The molecule has 2 aromatic carbocycles. The molecule has 3 atom stereocenters. The first kappa shape index (κ1) is 30.2. The maximum Gasteiger partial charge on any atom is 0.416 e. The van der Waals surface area contributed by atoms with Crippen molar-refractivity contribution in [3.8, 4) is 6.07 Å². The third-order valence-electron chi connectivity index (χ3n) is 6.72. The number of alkyl halides is 3. The molecule has 0 bridgehead atoms. The monoisotopic (exact) mass is 583 g/mol. The second kappa shape index (κ2) is 11.4. The second-order valence-corrected chi connectivity index (χ2v) is 10.0. The van der Waals surface area contributed by atoms with Crippen LogP contribution >= 0.6 is 24.0 Å². The van der Waals surface area contributed by atoms with Gasteiger partial charge in [-0.2, -0.15) is 18.4 Å². The van der Waals surface area contributed by atoms with E-state index in [9.17, 15) is 22.8 Å². The molecule has 4 rings (SSSR count). The van der Waals surface area contributed by atoms with Crippen LogP contribution in [0.2, 0.25) is 5.02 Å². The first-order valence-corrected chi connectivity index (χ1v) is 12.2. The number of nitrogens with zero attached hydrogens (tertiary/aromatic N) is 2. The smallest absolute Gasteiger partial charge is 0.378 e. The number of guanidine groups is 1. The number of rotatable bonds is 4. The summed E-state index contributed by atoms with van der Waals surface area (Å²) in [6, 6.07) is 8.54. The van der Waals surface area contributed by atoms with Gasteiger partial charge in [0.1, 0.15) is 0 Å². The van der Waals surface area contributed by atoms with E-state index in [2.05, 4.69) is 10.6 Å². The Morgan fingerprint density at radius 1 is 1.33 bits per heavy atom. The largest absolute Gasteiger partial charge is 0.416 e. The maximum atomic E-state index is 13.2. The van der Waals surface area contributed by atoms with Gasteiger partial charge >= 0.3 is 6.18 Å². The van der Waals surface area contributed by atoms with Gasteiger partial charge < -0.3 is 15.4 Å². The van der Waals surface area contributed by atoms with Crippen molar-refractivity contribution in [2.75, 3.05) is 11.9 Å². The van der Waals surface area contributed by atoms with E-state index >= 15 is 0 Å². The Kier molecular flexibility index (Phi) is 8.85. The fourth-order valence-electron chi connectivity index (χ4n) is 4.87. The summed E-state index contributed by atoms with van der Waals surface area (Å²) in [5.74, 6) is -1.22. The van der Waals surface area contributed by atoms with Crippen molar-refractivity contribution < 1.29 is 27.5 Å². The molecule has 2 aliphatic rings. The van der Waals surface area contributed by atoms with Gasteiger partial charge in [0.25, 0.3) is 5.91 Å². The topological polar surface area (TPSA) is 118 Å². The molecule has 2 aromatic rings. The van der Waals surface area contributed by atoms with E-state index in [4.69, 9.17) is 27.0 Å². The van der Waals surface area contributed by atoms with Crippen LogP contribution in [0.15, 0.2) is 36.4 Å². The minimum atomic E-state index is -4.74. The van der Waals surface area contributed by atoms with Crippen molar-refractivity contribution in [3.05, 3.63) is 63.7 Å². The summed E-state index contributed by atoms with van der Waals surface area (Å²) in [5.41, 5.74) is -2.35. The predicted octanol–water partition coefficient (Wildman–Crippen LogP) is 5.44. The molecule has 2 fully saturated rings. The fourth-order valence-corrected chi connectivity index (χ4v) is 5.25. The third kappa shape index (κ3) is 6.30. The highest BCUT2D eigenvalue weighted by molar-refractivity contribution is 6.35. The summed E-state index contributed by atoms with van der Waals surface area (Å²) < 4.78 is 45.3. The van der Waals surface area contributed by atoms with Gasteiger partial charge in [-0.3, -0.25) is 19.9 Å². The first-order chi connectivity index (χ1) is 17.8. The van der Waals surface area contributed by atoms with E-state index < -0.39 is 23.2 Å². The molecule has 2 heterocycles. The van der Waals surface area contributed by atoms with Crippen LogP contribution < -0.4 is 10.6 Å². The van der Waals surface area contributed by atoms with Crippen LogP contribution in [0.25, 0.3) is 0 Å². The summed E-state index contributed by atoms with van der Waals surface area (Å²) in [7, 11) is 0. The number of nitriles is 1. The number of anilines is 1. The molecule has 2 amide bonds. The van der Waals surface area contributed by atoms with Gasteiger partial charge in [-0.1, -0.05) is 23.7 Å². The molecule has 0 aliphatic carbocycles. The molecule has 2 saturated heterocycles. The van der Waals surface area contributed by atoms with Crippen LogP contribution in [-0.4, -0.2) is 41.4 Å². The van der Waals surface area contributed by atoms with Crippen molar-refractivity contribution in [2.45, 2.75) is 57.0 Å². The standard InChI is InChI=1S/C26H25ClF3N5O3.ClH/c1-14-8-18(6-7-38-14)35-21(36)12-25(2,34-24(35)32)19-4-3-5-20(22(19)27)33-23(37)16-9-15(13-31)10-17(11-16)26(28,29)30;/h3-5,9-11,14,18H,6-8,12H2,1-2H3,(H2,32,34)(H,33,37);1H/t14-,18-,25+;/m1./s1. The van der Waals surface area contributed by atoms with Crippen LogP contribution in [-0.2, 0) is 21.2 Å². The number of amides is 2. The molecule has 8 nitrogen and oxygen atoms in total. The Bertz CT molecular complexity index is 1330. The molecule has 39 heavy (non-hydrogen) atoms. The molecule has 0 saturated carbocycles. The predicted molar refractivity (Wildman–Crippen MR) is 141 cm³/mol. The van der Waals surface area contributed by atoms with Crippen LogP contribution in [0.1, 0.15) is 60.2 Å². The van der Waals surface area contributed by atoms with Gasteiger partial charge in [0.05, 0.1) is 46.0 Å². The van der Waals surface area contributed by atoms with Gasteiger partial charge in [0.2, 0.25) is 5.91 Å². The number of ether oxygens (including phenoxy) is 1. The molecular formula is C26H26Cl2F3N5O3. The zero-order chi connectivity index (χ0) is 27.8. The zero-order valence-corrected chi connectivity index (χ0v) is 22.6. The van der Waals surface area contributed by atoms with E-state index in [1.165, 1.54) is 11.0 Å². The Balaban J connectivity index is 0.00000420. The average Bonchev–Trinajstić information content (AvgIpc) is 2.83. The minimum absolute atomic E-state index is 0. The van der Waals surface area contributed by atoms with Crippen molar-refractivity contribution in [1.29, 1.82) is 10.7 Å². The Hall–Kier alpha value is -3.33. The molecule has 208 valence electrons. The Morgan fingerprint density at radius 2 is 2.05 bits per heavy atom. The third-order valence-corrected chi connectivity index (χ3v) is 7.13. The molecule has 0 radical (unpaired) electrons. The van der Waals surface area contributed by atoms with Crippen LogP contribution in [0.5, 0.6) is 0 Å². The summed E-state index contributed by atoms with van der Waals surface area (Å²) in [4.78, 5) is 27.5. The number of carbonyl (C=O) groups is 2. The summed E-state index contributed by atoms with van der Waals surface area (Å²) in [6.45, 7) is 4.12. The lowest BCUT2D eigenvalue weighted by molar-refractivity contribution is -0.137. The fraction of sp³-hybridized carbons (Fsp3) is 0.385. The lowest BCUT2D eigenvalue weighted by Crippen LogP contribution is -2.63. The van der Waals surface area contributed by atoms with Gasteiger partial charge in [-0.25, -0.2) is 0 Å². The van der Waals surface area contributed by atoms with E-state index in [-0.39, 0.29) is 64.7 Å². The number of hydrogen-bond acceptors (Lipinski definition) is 5. The Labute approximate surface area is 234 Å². The number of nitrogens with one attached hydrogen (secondary N) is 3. The quantitative estimate of drug-likeness (QED) is 0.442. The Morgan fingerprint density at radius 3 is 2.67 bits per heavy atom. The molecule has 2 aliphatic heterocycles. The average molecular weight is 584 g/mol. The zero-order valence-electron chi connectivity index (χ0n) is 21.0. The van der Waals surface area contributed by atoms with Crippen molar-refractivity contribution in [3.63, 3.8) is 0 Å². The normalized spacial score (nSPS) is 23.4. The number of carbonyl (C=O) groups excluding carboxylic acids is 2. The highest BCUT2D eigenvalue weighted by atomic mass is 35.5. The van der Waals surface area contributed by atoms with Gasteiger partial charge in [-0.15, -0.1) is 12.4 Å². The number of halogens is 5. The van der Waals surface area contributed by atoms with Crippen molar-refractivity contribution in [2.24, 2.45) is 0 Å². The van der Waals surface area contributed by atoms with Crippen LogP contribution in [0.3, 0.4) is 0 Å². The number of benzene rings is 2. The number of hydrogen-bond donors (Lipinski definition) is 3. The van der Waals surface area contributed by atoms with Gasteiger partial charge in [0, 0.05) is 18.2 Å². The molecule has 0 spiro atoms. The second-order valence-electron chi connectivity index (χ2n) is 9.64. The molecule has 3 N–H and O–H groups in total. The van der Waals surface area contributed by atoms with Crippen molar-refractivity contribution >= 4 is 47.5 Å². The summed E-state index contributed by atoms with van der Waals surface area (Å²) >= 11 is 6.63. The van der Waals surface area contributed by atoms with E-state index in [0.29, 0.717) is 37.1 Å². The molecule has 13 heteroatoms. The summed E-state index contributed by atoms with van der Waals surface area (Å²) in [5, 5.41) is 23.3. The van der Waals surface area contributed by atoms with Gasteiger partial charge in [-0.05, 0) is 56.5 Å². The maximum absolute atomic E-state index is 13.2. The van der Waals surface area contributed by atoms with Crippen LogP contribution in [0.4, 0.5) is 18.9 Å². The highest BCUT2D eigenvalue weighted by Crippen LogP contribution is 2.39. The lowest BCUT2D eigenvalue weighted by Gasteiger charge is -2.45. The van der Waals surface area contributed by atoms with E-state index in [0.717, 1.165) is 6.07 Å². The molecule has 0 unspecified atom stereocenters. The van der Waals surface area contributed by atoms with E-state index in [1.54, 1.807) is 25.1 Å². The minimum Gasteiger partial charge on any atom is -0.378 e. The molecular weight excluding hydrogens is 558 g/mol. The first-order valence-electron chi connectivity index (χ1n) is 11.9. The van der Waals surface area contributed by atoms with Gasteiger partial charge in [0.15, 0.2) is 5.96 Å². The van der Waals surface area contributed by atoms with Crippen molar-refractivity contribution in [1.82, 2.24) is 10.2 Å².